The number of nitrogens with zero attached hydrogens (tertiary/aromatic N) is 1. The molecule has 1 unspecified atom stereocenters. The Morgan fingerprint density at radius 3 is 2.68 bits per heavy atom. The predicted octanol–water partition coefficient (Wildman–Crippen LogP) is 4.95. The molecule has 1 heterocycles. The van der Waals surface area contributed by atoms with Crippen LogP contribution >= 0.6 is 27.5 Å². The van der Waals surface area contributed by atoms with Gasteiger partial charge in [-0.3, -0.25) is 0 Å². The zero-order chi connectivity index (χ0) is 14.0. The van der Waals surface area contributed by atoms with Gasteiger partial charge in [0, 0.05) is 11.6 Å². The van der Waals surface area contributed by atoms with Gasteiger partial charge in [-0.25, -0.2) is 13.8 Å². The molecule has 0 aliphatic rings. The van der Waals surface area contributed by atoms with Crippen molar-refractivity contribution in [1.82, 2.24) is 4.98 Å². The highest BCUT2D eigenvalue weighted by molar-refractivity contribution is 9.10. The van der Waals surface area contributed by atoms with Crippen molar-refractivity contribution in [2.75, 3.05) is 5.32 Å². The van der Waals surface area contributed by atoms with Crippen molar-refractivity contribution in [3.63, 3.8) is 0 Å². The first-order chi connectivity index (χ1) is 8.97. The molecule has 0 saturated carbocycles. The molecule has 0 saturated heterocycles. The molecule has 1 atom stereocenters. The summed E-state index contributed by atoms with van der Waals surface area (Å²) >= 11 is 9.05. The van der Waals surface area contributed by atoms with Gasteiger partial charge in [-0.2, -0.15) is 0 Å². The third-order valence-corrected chi connectivity index (χ3v) is 3.74. The highest BCUT2D eigenvalue weighted by Gasteiger charge is 2.12. The maximum Gasteiger partial charge on any atom is 0.143 e. The van der Waals surface area contributed by atoms with E-state index >= 15 is 0 Å². The Kier molecular flexibility index (Phi) is 4.37. The second kappa shape index (κ2) is 5.84. The molecule has 2 rings (SSSR count). The largest absolute Gasteiger partial charge is 0.377 e. The summed E-state index contributed by atoms with van der Waals surface area (Å²) in [4.78, 5) is 3.96. The lowest BCUT2D eigenvalue weighted by Crippen LogP contribution is -2.09. The number of halogens is 4. The highest BCUT2D eigenvalue weighted by Crippen LogP contribution is 2.26. The molecule has 2 nitrogen and oxygen atoms in total. The van der Waals surface area contributed by atoms with Gasteiger partial charge >= 0.3 is 0 Å². The normalized spacial score (nSPS) is 12.3. The molecule has 0 amide bonds. The summed E-state index contributed by atoms with van der Waals surface area (Å²) < 4.78 is 27.1. The van der Waals surface area contributed by atoms with E-state index in [9.17, 15) is 8.78 Å². The average molecular weight is 348 g/mol. The molecule has 100 valence electrons. The van der Waals surface area contributed by atoms with E-state index in [1.807, 2.05) is 0 Å². The van der Waals surface area contributed by atoms with E-state index in [1.165, 1.54) is 12.1 Å². The van der Waals surface area contributed by atoms with Gasteiger partial charge in [0.1, 0.15) is 16.8 Å². The number of hydrogen-bond acceptors (Lipinski definition) is 2. The van der Waals surface area contributed by atoms with Crippen LogP contribution in [0, 0.1) is 11.6 Å². The molecule has 0 radical (unpaired) electrons. The lowest BCUT2D eigenvalue weighted by molar-refractivity contribution is 0.566. The van der Waals surface area contributed by atoms with Gasteiger partial charge in [-0.1, -0.05) is 17.7 Å². The van der Waals surface area contributed by atoms with Crippen LogP contribution < -0.4 is 5.32 Å². The minimum atomic E-state index is -0.593. The van der Waals surface area contributed by atoms with Crippen LogP contribution in [0.5, 0.6) is 0 Å². The fraction of sp³-hybridized carbons (Fsp3) is 0.154. The van der Waals surface area contributed by atoms with E-state index in [-0.39, 0.29) is 6.04 Å². The Morgan fingerprint density at radius 1 is 1.32 bits per heavy atom. The topological polar surface area (TPSA) is 24.9 Å². The first kappa shape index (κ1) is 14.2. The zero-order valence-electron chi connectivity index (χ0n) is 9.92. The first-order valence-electron chi connectivity index (χ1n) is 5.50. The molecular weight excluding hydrogens is 338 g/mol. The van der Waals surface area contributed by atoms with Crippen molar-refractivity contribution in [1.29, 1.82) is 0 Å². The molecule has 2 aromatic rings. The fourth-order valence-corrected chi connectivity index (χ4v) is 2.13. The molecule has 0 spiro atoms. The van der Waals surface area contributed by atoms with Crippen LogP contribution in [0.2, 0.25) is 5.15 Å². The minimum absolute atomic E-state index is 0.324. The number of pyridine rings is 1. The number of anilines is 1. The Hall–Kier alpha value is -1.20. The smallest absolute Gasteiger partial charge is 0.143 e. The van der Waals surface area contributed by atoms with Gasteiger partial charge in [-0.05, 0) is 35.0 Å². The number of hydrogen-bond donors (Lipinski definition) is 1. The summed E-state index contributed by atoms with van der Waals surface area (Å²) in [7, 11) is 0. The maximum absolute atomic E-state index is 13.6. The van der Waals surface area contributed by atoms with Gasteiger partial charge in [0.25, 0.3) is 0 Å². The minimum Gasteiger partial charge on any atom is -0.377 e. The van der Waals surface area contributed by atoms with Gasteiger partial charge in [-0.15, -0.1) is 0 Å². The third kappa shape index (κ3) is 3.42. The van der Waals surface area contributed by atoms with E-state index in [2.05, 4.69) is 26.2 Å². The molecule has 1 N–H and O–H groups in total. The molecule has 0 aliphatic heterocycles. The zero-order valence-corrected chi connectivity index (χ0v) is 12.3. The molecule has 1 aromatic heterocycles. The second-order valence-corrected chi connectivity index (χ2v) is 5.24. The van der Waals surface area contributed by atoms with Gasteiger partial charge in [0.15, 0.2) is 0 Å². The van der Waals surface area contributed by atoms with E-state index < -0.39 is 11.6 Å². The van der Waals surface area contributed by atoms with Crippen molar-refractivity contribution in [2.24, 2.45) is 0 Å². The van der Waals surface area contributed by atoms with Crippen LogP contribution in [-0.2, 0) is 0 Å². The molecule has 0 fully saturated rings. The molecule has 1 aromatic carbocycles. The Bertz CT molecular complexity index is 607. The summed E-state index contributed by atoms with van der Waals surface area (Å²) in [5, 5.41) is 3.43. The standard InChI is InChI=1S/C13H10BrClF2N2/c1-7(10-3-2-8(16)4-12(10)17)19-9-5-11(14)13(15)18-6-9/h2-7,19H,1H3. The van der Waals surface area contributed by atoms with E-state index in [0.717, 1.165) is 6.07 Å². The lowest BCUT2D eigenvalue weighted by atomic mass is 10.1. The second-order valence-electron chi connectivity index (χ2n) is 4.03. The molecular formula is C13H10BrClF2N2. The van der Waals surface area contributed by atoms with Crippen molar-refractivity contribution >= 4 is 33.2 Å². The monoisotopic (exact) mass is 346 g/mol. The third-order valence-electron chi connectivity index (χ3n) is 2.61. The van der Waals surface area contributed by atoms with Crippen molar-refractivity contribution < 1.29 is 8.78 Å². The molecule has 19 heavy (non-hydrogen) atoms. The molecule has 0 aliphatic carbocycles. The summed E-state index contributed by atoms with van der Waals surface area (Å²) in [5.74, 6) is -1.18. The van der Waals surface area contributed by atoms with Crippen molar-refractivity contribution in [2.45, 2.75) is 13.0 Å². The molecule has 6 heteroatoms. The van der Waals surface area contributed by atoms with Gasteiger partial charge in [0.05, 0.1) is 22.4 Å². The number of benzene rings is 1. The van der Waals surface area contributed by atoms with Crippen LogP contribution in [0.3, 0.4) is 0 Å². The number of rotatable bonds is 3. The Labute approximate surface area is 122 Å². The Balaban J connectivity index is 2.20. The first-order valence-corrected chi connectivity index (χ1v) is 6.67. The van der Waals surface area contributed by atoms with Crippen LogP contribution in [0.4, 0.5) is 14.5 Å². The average Bonchev–Trinajstić information content (AvgIpc) is 2.33. The quantitative estimate of drug-likeness (QED) is 0.795. The number of nitrogens with one attached hydrogen (secondary N) is 1. The van der Waals surface area contributed by atoms with E-state index in [1.54, 1.807) is 19.2 Å². The van der Waals surface area contributed by atoms with Crippen molar-refractivity contribution in [3.8, 4) is 0 Å². The summed E-state index contributed by atoms with van der Waals surface area (Å²) in [6.07, 6.45) is 1.55. The van der Waals surface area contributed by atoms with Crippen LogP contribution in [0.15, 0.2) is 34.9 Å². The summed E-state index contributed by atoms with van der Waals surface area (Å²) in [6, 6.07) is 4.93. The van der Waals surface area contributed by atoms with E-state index in [0.29, 0.717) is 20.9 Å². The van der Waals surface area contributed by atoms with Crippen molar-refractivity contribution in [3.05, 3.63) is 57.3 Å². The molecule has 0 bridgehead atoms. The van der Waals surface area contributed by atoms with E-state index in [4.69, 9.17) is 11.6 Å². The predicted molar refractivity (Wildman–Crippen MR) is 75.3 cm³/mol. The van der Waals surface area contributed by atoms with Gasteiger partial charge in [0.2, 0.25) is 0 Å². The van der Waals surface area contributed by atoms with Crippen LogP contribution in [-0.4, -0.2) is 4.98 Å². The lowest BCUT2D eigenvalue weighted by Gasteiger charge is -2.16. The maximum atomic E-state index is 13.6. The Morgan fingerprint density at radius 2 is 2.05 bits per heavy atom. The summed E-state index contributed by atoms with van der Waals surface area (Å²) in [5.41, 5.74) is 1.07. The number of aromatic nitrogens is 1. The highest BCUT2D eigenvalue weighted by atomic mass is 79.9. The SMILES string of the molecule is CC(Nc1cnc(Cl)c(Br)c1)c1ccc(F)cc1F. The van der Waals surface area contributed by atoms with Crippen LogP contribution in [0.25, 0.3) is 0 Å². The van der Waals surface area contributed by atoms with Crippen LogP contribution in [0.1, 0.15) is 18.5 Å². The fourth-order valence-electron chi connectivity index (χ4n) is 1.68. The van der Waals surface area contributed by atoms with Gasteiger partial charge < -0.3 is 5.32 Å². The summed E-state index contributed by atoms with van der Waals surface area (Å²) in [6.45, 7) is 1.78.